The number of rotatable bonds is 7. The highest BCUT2D eigenvalue weighted by atomic mass is 19.4. The number of aryl methyl sites for hydroxylation is 1. The number of pyridine rings is 1. The zero-order valence-corrected chi connectivity index (χ0v) is 18.0. The Balaban J connectivity index is 1.34. The molecule has 0 spiro atoms. The van der Waals surface area contributed by atoms with Crippen molar-refractivity contribution in [2.45, 2.75) is 25.6 Å². The molecule has 0 saturated heterocycles. The number of fused-ring (bicyclic) bond motifs is 1. The fraction of sp³-hybridized carbons (Fsp3) is 0.174. The summed E-state index contributed by atoms with van der Waals surface area (Å²) in [6.07, 6.45) is 0.341. The number of imidazole rings is 1. The Morgan fingerprint density at radius 1 is 1.09 bits per heavy atom. The number of nitrogens with zero attached hydrogens (tertiary/aromatic N) is 5. The smallest absolute Gasteiger partial charge is 0.416 e. The summed E-state index contributed by atoms with van der Waals surface area (Å²) in [6.45, 7) is 0.170. The zero-order chi connectivity index (χ0) is 24.4. The van der Waals surface area contributed by atoms with Crippen molar-refractivity contribution in [3.8, 4) is 11.4 Å². The molecule has 1 aromatic carbocycles. The van der Waals surface area contributed by atoms with Crippen LogP contribution in [0.25, 0.3) is 22.4 Å². The van der Waals surface area contributed by atoms with Crippen LogP contribution in [0.3, 0.4) is 0 Å². The van der Waals surface area contributed by atoms with Gasteiger partial charge in [0.2, 0.25) is 23.6 Å². The Bertz CT molecular complexity index is 1460. The summed E-state index contributed by atoms with van der Waals surface area (Å²) in [7, 11) is 0. The molecular formula is C23H17F3N6O3. The molecule has 0 saturated carbocycles. The Hall–Kier alpha value is -4.48. The van der Waals surface area contributed by atoms with Gasteiger partial charge in [0.05, 0.1) is 29.4 Å². The first-order valence-electron chi connectivity index (χ1n) is 10.5. The Morgan fingerprint density at radius 2 is 1.91 bits per heavy atom. The van der Waals surface area contributed by atoms with Crippen molar-refractivity contribution in [1.29, 1.82) is 0 Å². The van der Waals surface area contributed by atoms with Gasteiger partial charge in [-0.1, -0.05) is 5.16 Å². The second-order valence-corrected chi connectivity index (χ2v) is 7.60. The number of amides is 1. The highest BCUT2D eigenvalue weighted by Gasteiger charge is 2.31. The molecule has 35 heavy (non-hydrogen) atoms. The molecule has 0 aliphatic carbocycles. The average molecular weight is 482 g/mol. The van der Waals surface area contributed by atoms with Crippen molar-refractivity contribution in [2.24, 2.45) is 0 Å². The molecule has 4 aromatic heterocycles. The summed E-state index contributed by atoms with van der Waals surface area (Å²) in [5, 5.41) is 6.57. The van der Waals surface area contributed by atoms with E-state index in [2.05, 4.69) is 25.4 Å². The lowest BCUT2D eigenvalue weighted by molar-refractivity contribution is -0.137. The lowest BCUT2D eigenvalue weighted by atomic mass is 10.2. The van der Waals surface area contributed by atoms with Gasteiger partial charge in [-0.2, -0.15) is 18.2 Å². The van der Waals surface area contributed by atoms with Gasteiger partial charge in [-0.15, -0.1) is 0 Å². The van der Waals surface area contributed by atoms with Crippen molar-refractivity contribution in [3.63, 3.8) is 0 Å². The number of anilines is 1. The Labute approximate surface area is 195 Å². The lowest BCUT2D eigenvalue weighted by Gasteiger charge is -2.09. The van der Waals surface area contributed by atoms with E-state index in [1.807, 2.05) is 0 Å². The Kier molecular flexibility index (Phi) is 5.77. The number of carbonyl (C=O) groups is 1. The molecule has 0 atom stereocenters. The number of nitrogens with one attached hydrogen (secondary N) is 1. The molecule has 9 nitrogen and oxygen atoms in total. The van der Waals surface area contributed by atoms with E-state index in [9.17, 15) is 18.0 Å². The molecule has 178 valence electrons. The van der Waals surface area contributed by atoms with E-state index in [0.717, 1.165) is 17.7 Å². The highest BCUT2D eigenvalue weighted by molar-refractivity contribution is 5.91. The van der Waals surface area contributed by atoms with Crippen molar-refractivity contribution in [1.82, 2.24) is 24.7 Å². The van der Waals surface area contributed by atoms with E-state index in [4.69, 9.17) is 8.94 Å². The third kappa shape index (κ3) is 4.90. The maximum atomic E-state index is 13.2. The molecule has 12 heteroatoms. The van der Waals surface area contributed by atoms with Crippen LogP contribution < -0.4 is 5.32 Å². The Morgan fingerprint density at radius 3 is 2.66 bits per heavy atom. The second-order valence-electron chi connectivity index (χ2n) is 7.60. The van der Waals surface area contributed by atoms with Gasteiger partial charge in [0.1, 0.15) is 5.76 Å². The van der Waals surface area contributed by atoms with Crippen LogP contribution in [0.4, 0.5) is 19.1 Å². The molecule has 1 N–H and O–H groups in total. The molecule has 5 rings (SSSR count). The first-order valence-corrected chi connectivity index (χ1v) is 10.5. The van der Waals surface area contributed by atoms with Crippen molar-refractivity contribution in [2.75, 3.05) is 5.32 Å². The lowest BCUT2D eigenvalue weighted by Crippen LogP contribution is -2.16. The number of benzene rings is 1. The highest BCUT2D eigenvalue weighted by Crippen LogP contribution is 2.32. The fourth-order valence-electron chi connectivity index (χ4n) is 3.50. The number of halogens is 3. The first kappa shape index (κ1) is 22.3. The van der Waals surface area contributed by atoms with E-state index in [1.165, 1.54) is 12.3 Å². The topological polar surface area (TPSA) is 112 Å². The number of aromatic nitrogens is 5. The van der Waals surface area contributed by atoms with Gasteiger partial charge in [0.25, 0.3) is 0 Å². The van der Waals surface area contributed by atoms with Gasteiger partial charge >= 0.3 is 6.18 Å². The molecule has 5 aromatic rings. The average Bonchev–Trinajstić information content (AvgIpc) is 3.59. The van der Waals surface area contributed by atoms with Crippen LogP contribution in [0.15, 0.2) is 70.1 Å². The van der Waals surface area contributed by atoms with Gasteiger partial charge in [0, 0.05) is 30.8 Å². The summed E-state index contributed by atoms with van der Waals surface area (Å²) >= 11 is 0. The minimum Gasteiger partial charge on any atom is -0.467 e. The minimum absolute atomic E-state index is 0.00423. The normalized spacial score (nSPS) is 11.7. The molecule has 0 unspecified atom stereocenters. The first-order chi connectivity index (χ1) is 16.9. The van der Waals surface area contributed by atoms with Crippen molar-refractivity contribution < 1.29 is 26.9 Å². The molecule has 0 aliphatic heterocycles. The SMILES string of the molecule is O=C(CCc1nc(-c2ccncc2)no1)Nc1nc2cc(C(F)(F)F)ccc2n1Cc1ccco1. The van der Waals surface area contributed by atoms with Crippen LogP contribution in [0.2, 0.25) is 0 Å². The van der Waals surface area contributed by atoms with Crippen LogP contribution >= 0.6 is 0 Å². The third-order valence-corrected chi connectivity index (χ3v) is 5.19. The van der Waals surface area contributed by atoms with Gasteiger partial charge in [-0.3, -0.25) is 15.1 Å². The van der Waals surface area contributed by atoms with E-state index in [-0.39, 0.29) is 36.7 Å². The number of furan rings is 1. The fourth-order valence-corrected chi connectivity index (χ4v) is 3.50. The summed E-state index contributed by atoms with van der Waals surface area (Å²) in [4.78, 5) is 25.1. The van der Waals surface area contributed by atoms with Gasteiger partial charge in [0.15, 0.2) is 0 Å². The van der Waals surface area contributed by atoms with Gasteiger partial charge in [-0.25, -0.2) is 4.98 Å². The maximum Gasteiger partial charge on any atom is 0.416 e. The van der Waals surface area contributed by atoms with Gasteiger partial charge < -0.3 is 13.5 Å². The molecule has 1 amide bonds. The van der Waals surface area contributed by atoms with E-state index >= 15 is 0 Å². The molecular weight excluding hydrogens is 465 g/mol. The standard InChI is InChI=1S/C23H17F3N6O3/c24-23(25,26)15-3-4-18-17(12-15)28-22(32(18)13-16-2-1-11-34-16)29-19(33)5-6-20-30-21(31-35-20)14-7-9-27-10-8-14/h1-4,7-12H,5-6,13H2,(H,28,29,33). The van der Waals surface area contributed by atoms with Gasteiger partial charge in [-0.05, 0) is 42.5 Å². The number of carbonyl (C=O) groups excluding carboxylic acids is 1. The monoisotopic (exact) mass is 482 g/mol. The van der Waals surface area contributed by atoms with E-state index < -0.39 is 17.6 Å². The van der Waals surface area contributed by atoms with Crippen LogP contribution in [-0.4, -0.2) is 30.6 Å². The third-order valence-electron chi connectivity index (χ3n) is 5.19. The summed E-state index contributed by atoms with van der Waals surface area (Å²) in [5.74, 6) is 0.882. The summed E-state index contributed by atoms with van der Waals surface area (Å²) in [5.41, 5.74) is 0.417. The quantitative estimate of drug-likeness (QED) is 0.357. The second kappa shape index (κ2) is 9.05. The summed E-state index contributed by atoms with van der Waals surface area (Å²) in [6, 6.07) is 10.1. The van der Waals surface area contributed by atoms with Crippen LogP contribution in [0, 0.1) is 0 Å². The maximum absolute atomic E-state index is 13.2. The number of hydrogen-bond acceptors (Lipinski definition) is 7. The number of hydrogen-bond donors (Lipinski definition) is 1. The predicted molar refractivity (Wildman–Crippen MR) is 117 cm³/mol. The summed E-state index contributed by atoms with van der Waals surface area (Å²) < 4.78 is 51.7. The minimum atomic E-state index is -4.51. The van der Waals surface area contributed by atoms with E-state index in [0.29, 0.717) is 17.1 Å². The van der Waals surface area contributed by atoms with Crippen molar-refractivity contribution in [3.05, 3.63) is 78.3 Å². The predicted octanol–water partition coefficient (Wildman–Crippen LogP) is 4.71. The molecule has 0 bridgehead atoms. The molecule has 0 fully saturated rings. The number of alkyl halides is 3. The van der Waals surface area contributed by atoms with E-state index in [1.54, 1.807) is 41.2 Å². The van der Waals surface area contributed by atoms with Crippen LogP contribution in [0.1, 0.15) is 23.6 Å². The zero-order valence-electron chi connectivity index (χ0n) is 18.0. The van der Waals surface area contributed by atoms with Crippen molar-refractivity contribution >= 4 is 22.9 Å². The molecule has 0 radical (unpaired) electrons. The van der Waals surface area contributed by atoms with Crippen LogP contribution in [-0.2, 0) is 23.9 Å². The molecule has 0 aliphatic rings. The largest absolute Gasteiger partial charge is 0.467 e. The molecule has 4 heterocycles. The van der Waals surface area contributed by atoms with Crippen LogP contribution in [0.5, 0.6) is 0 Å².